The zero-order valence-electron chi connectivity index (χ0n) is 11.0. The van der Waals surface area contributed by atoms with Crippen molar-refractivity contribution in [2.45, 2.75) is 13.0 Å². The van der Waals surface area contributed by atoms with Crippen LogP contribution in [0.15, 0.2) is 18.2 Å². The highest BCUT2D eigenvalue weighted by atomic mass is 16.5. The highest BCUT2D eigenvalue weighted by Crippen LogP contribution is 2.28. The molecule has 6 heteroatoms. The smallest absolute Gasteiger partial charge is 0.335 e. The van der Waals surface area contributed by atoms with E-state index in [-0.39, 0.29) is 24.5 Å². The van der Waals surface area contributed by atoms with Crippen LogP contribution in [-0.4, -0.2) is 49.2 Å². The first-order valence-corrected chi connectivity index (χ1v) is 5.88. The average molecular weight is 270 g/mol. The number of benzene rings is 1. The lowest BCUT2D eigenvalue weighted by atomic mass is 10.2. The van der Waals surface area contributed by atoms with Crippen LogP contribution in [0.4, 0.5) is 0 Å². The number of aliphatic hydroxyl groups is 1. The monoisotopic (exact) mass is 270 g/mol. The summed E-state index contributed by atoms with van der Waals surface area (Å²) in [7, 11) is 1.46. The average Bonchev–Trinajstić information content (AvgIpc) is 2.42. The molecule has 0 fully saturated rings. The van der Waals surface area contributed by atoms with E-state index in [0.717, 1.165) is 0 Å². The van der Waals surface area contributed by atoms with E-state index in [2.05, 4.69) is 0 Å². The zero-order valence-corrected chi connectivity index (χ0v) is 11.0. The third-order valence-corrected chi connectivity index (χ3v) is 2.36. The molecule has 0 amide bonds. The van der Waals surface area contributed by atoms with E-state index in [9.17, 15) is 9.90 Å². The topological polar surface area (TPSA) is 85.2 Å². The number of hydrogen-bond donors (Lipinski definition) is 2. The fraction of sp³-hybridized carbons (Fsp3) is 0.462. The van der Waals surface area contributed by atoms with Gasteiger partial charge < -0.3 is 24.4 Å². The van der Waals surface area contributed by atoms with Gasteiger partial charge in [-0.3, -0.25) is 0 Å². The molecular weight excluding hydrogens is 252 g/mol. The Morgan fingerprint density at radius 3 is 2.63 bits per heavy atom. The van der Waals surface area contributed by atoms with Gasteiger partial charge in [0.15, 0.2) is 11.5 Å². The van der Waals surface area contributed by atoms with Gasteiger partial charge in [0.2, 0.25) is 0 Å². The normalized spacial score (nSPS) is 11.9. The van der Waals surface area contributed by atoms with Gasteiger partial charge in [0, 0.05) is 6.61 Å². The molecule has 1 aromatic rings. The summed E-state index contributed by atoms with van der Waals surface area (Å²) in [6, 6.07) is 4.28. The molecule has 106 valence electrons. The number of carboxylic acids is 1. The van der Waals surface area contributed by atoms with Gasteiger partial charge in [-0.1, -0.05) is 0 Å². The highest BCUT2D eigenvalue weighted by molar-refractivity contribution is 5.88. The lowest BCUT2D eigenvalue weighted by Crippen LogP contribution is -2.23. The van der Waals surface area contributed by atoms with Crippen LogP contribution in [0.1, 0.15) is 17.3 Å². The van der Waals surface area contributed by atoms with Gasteiger partial charge >= 0.3 is 5.97 Å². The van der Waals surface area contributed by atoms with E-state index in [1.807, 2.05) is 6.92 Å². The lowest BCUT2D eigenvalue weighted by molar-refractivity contribution is 0.0159. The standard InChI is InChI=1S/C13H18O6/c1-3-18-7-10(14)8-19-12-6-9(13(15)16)4-5-11(12)17-2/h4-6,10,14H,3,7-8H2,1-2H3,(H,15,16). The molecule has 0 aromatic heterocycles. The van der Waals surface area contributed by atoms with Gasteiger partial charge in [0.05, 0.1) is 19.3 Å². The molecule has 1 aromatic carbocycles. The zero-order chi connectivity index (χ0) is 14.3. The van der Waals surface area contributed by atoms with E-state index < -0.39 is 12.1 Å². The van der Waals surface area contributed by atoms with Crippen LogP contribution in [-0.2, 0) is 4.74 Å². The van der Waals surface area contributed by atoms with Crippen molar-refractivity contribution in [3.05, 3.63) is 23.8 Å². The summed E-state index contributed by atoms with van der Waals surface area (Å²) < 4.78 is 15.5. The molecule has 0 saturated carbocycles. The molecule has 19 heavy (non-hydrogen) atoms. The fourth-order valence-corrected chi connectivity index (χ4v) is 1.41. The second kappa shape index (κ2) is 7.60. The van der Waals surface area contributed by atoms with E-state index >= 15 is 0 Å². The number of rotatable bonds is 8. The molecule has 0 spiro atoms. The summed E-state index contributed by atoms with van der Waals surface area (Å²) in [6.45, 7) is 2.50. The summed E-state index contributed by atoms with van der Waals surface area (Å²) in [4.78, 5) is 10.9. The van der Waals surface area contributed by atoms with Crippen LogP contribution < -0.4 is 9.47 Å². The van der Waals surface area contributed by atoms with E-state index in [1.165, 1.54) is 25.3 Å². The van der Waals surface area contributed by atoms with Crippen molar-refractivity contribution >= 4 is 5.97 Å². The number of carbonyl (C=O) groups is 1. The van der Waals surface area contributed by atoms with E-state index in [0.29, 0.717) is 12.4 Å². The van der Waals surface area contributed by atoms with Crippen molar-refractivity contribution in [2.24, 2.45) is 0 Å². The Balaban J connectivity index is 2.69. The molecule has 0 saturated heterocycles. The SMILES string of the molecule is CCOCC(O)COc1cc(C(=O)O)ccc1OC. The molecule has 0 aliphatic carbocycles. The predicted molar refractivity (Wildman–Crippen MR) is 67.9 cm³/mol. The summed E-state index contributed by atoms with van der Waals surface area (Å²) in [5, 5.41) is 18.5. The molecule has 6 nitrogen and oxygen atoms in total. The molecule has 1 unspecified atom stereocenters. The molecule has 1 atom stereocenters. The highest BCUT2D eigenvalue weighted by Gasteiger charge is 2.12. The largest absolute Gasteiger partial charge is 0.493 e. The summed E-state index contributed by atoms with van der Waals surface area (Å²) in [5.74, 6) is -0.367. The second-order valence-corrected chi connectivity index (χ2v) is 3.80. The van der Waals surface area contributed by atoms with Gasteiger partial charge in [-0.2, -0.15) is 0 Å². The summed E-state index contributed by atoms with van der Waals surface area (Å²) >= 11 is 0. The Hall–Kier alpha value is -1.79. The number of ether oxygens (including phenoxy) is 3. The van der Waals surface area contributed by atoms with Crippen LogP contribution in [0.25, 0.3) is 0 Å². The third-order valence-electron chi connectivity index (χ3n) is 2.36. The van der Waals surface area contributed by atoms with Gasteiger partial charge in [0.1, 0.15) is 12.7 Å². The first kappa shape index (κ1) is 15.3. The molecule has 1 rings (SSSR count). The van der Waals surface area contributed by atoms with Crippen LogP contribution >= 0.6 is 0 Å². The van der Waals surface area contributed by atoms with Gasteiger partial charge in [0.25, 0.3) is 0 Å². The molecule has 0 bridgehead atoms. The van der Waals surface area contributed by atoms with Gasteiger partial charge in [-0.25, -0.2) is 4.79 Å². The maximum atomic E-state index is 10.9. The van der Waals surface area contributed by atoms with E-state index in [1.54, 1.807) is 0 Å². The third kappa shape index (κ3) is 4.76. The molecule has 0 aliphatic heterocycles. The number of aliphatic hydroxyl groups excluding tert-OH is 1. The van der Waals surface area contributed by atoms with Crippen LogP contribution in [0.3, 0.4) is 0 Å². The predicted octanol–water partition coefficient (Wildman–Crippen LogP) is 1.17. The summed E-state index contributed by atoms with van der Waals surface area (Å²) in [6.07, 6.45) is -0.779. The number of aromatic carboxylic acids is 1. The Morgan fingerprint density at radius 1 is 1.32 bits per heavy atom. The van der Waals surface area contributed by atoms with Crippen LogP contribution in [0.5, 0.6) is 11.5 Å². The first-order valence-electron chi connectivity index (χ1n) is 5.88. The maximum absolute atomic E-state index is 10.9. The Bertz CT molecular complexity index is 418. The van der Waals surface area contributed by atoms with Crippen molar-refractivity contribution in [3.63, 3.8) is 0 Å². The molecular formula is C13H18O6. The van der Waals surface area contributed by atoms with Crippen molar-refractivity contribution in [2.75, 3.05) is 26.9 Å². The number of hydrogen-bond acceptors (Lipinski definition) is 5. The lowest BCUT2D eigenvalue weighted by Gasteiger charge is -2.14. The van der Waals surface area contributed by atoms with Crippen molar-refractivity contribution < 1.29 is 29.2 Å². The van der Waals surface area contributed by atoms with E-state index in [4.69, 9.17) is 19.3 Å². The fourth-order valence-electron chi connectivity index (χ4n) is 1.41. The molecule has 0 radical (unpaired) electrons. The van der Waals surface area contributed by atoms with Crippen LogP contribution in [0.2, 0.25) is 0 Å². The quantitative estimate of drug-likeness (QED) is 0.737. The number of carboxylic acid groups (broad SMARTS) is 1. The van der Waals surface area contributed by atoms with Crippen molar-refractivity contribution in [3.8, 4) is 11.5 Å². The second-order valence-electron chi connectivity index (χ2n) is 3.80. The van der Waals surface area contributed by atoms with Crippen molar-refractivity contribution in [1.29, 1.82) is 0 Å². The Labute approximate surface area is 111 Å². The minimum atomic E-state index is -1.05. The Kier molecular flexibility index (Phi) is 6.11. The first-order chi connectivity index (χ1) is 9.08. The summed E-state index contributed by atoms with van der Waals surface area (Å²) in [5.41, 5.74) is 0.0927. The van der Waals surface area contributed by atoms with Crippen LogP contribution in [0, 0.1) is 0 Å². The number of methoxy groups -OCH3 is 1. The van der Waals surface area contributed by atoms with Gasteiger partial charge in [-0.05, 0) is 25.1 Å². The molecule has 0 heterocycles. The minimum Gasteiger partial charge on any atom is -0.493 e. The van der Waals surface area contributed by atoms with Crippen molar-refractivity contribution in [1.82, 2.24) is 0 Å². The minimum absolute atomic E-state index is 0.000563. The Morgan fingerprint density at radius 2 is 2.05 bits per heavy atom. The molecule has 2 N–H and O–H groups in total. The molecule has 0 aliphatic rings. The maximum Gasteiger partial charge on any atom is 0.335 e. The van der Waals surface area contributed by atoms with Gasteiger partial charge in [-0.15, -0.1) is 0 Å².